The number of phenolic OH excluding ortho intramolecular Hbond substituents is 1. The molecule has 92 valence electrons. The number of rotatable bonds is 3. The number of esters is 1. The highest BCUT2D eigenvalue weighted by atomic mass is 32.1. The van der Waals surface area contributed by atoms with Gasteiger partial charge in [0.15, 0.2) is 0 Å². The Morgan fingerprint density at radius 1 is 1.22 bits per heavy atom. The van der Waals surface area contributed by atoms with Crippen molar-refractivity contribution >= 4 is 23.5 Å². The van der Waals surface area contributed by atoms with Gasteiger partial charge in [0.2, 0.25) is 0 Å². The molecule has 2 N–H and O–H groups in total. The van der Waals surface area contributed by atoms with Crippen LogP contribution in [0.3, 0.4) is 0 Å². The third kappa shape index (κ3) is 2.46. The summed E-state index contributed by atoms with van der Waals surface area (Å²) in [5, 5.41) is 17.9. The first-order valence-corrected chi connectivity index (χ1v) is 5.54. The minimum absolute atomic E-state index is 0.0406. The Hall–Kier alpha value is -2.41. The molecule has 0 spiro atoms. The molecular weight excluding hydrogens is 258 g/mol. The summed E-state index contributed by atoms with van der Waals surface area (Å²) < 4.78 is 8.60. The van der Waals surface area contributed by atoms with Crippen LogP contribution in [0.5, 0.6) is 11.5 Å². The number of ether oxygens (including phenoxy) is 1. The summed E-state index contributed by atoms with van der Waals surface area (Å²) in [5.41, 5.74) is -0.191. The fourth-order valence-electron chi connectivity index (χ4n) is 1.21. The van der Waals surface area contributed by atoms with Crippen molar-refractivity contribution in [1.82, 2.24) is 4.37 Å². The van der Waals surface area contributed by atoms with E-state index in [-0.39, 0.29) is 21.9 Å². The monoisotopic (exact) mass is 265 g/mol. The number of carbonyl (C=O) groups is 2. The topological polar surface area (TPSA) is 96.7 Å². The Labute approximate surface area is 105 Å². The summed E-state index contributed by atoms with van der Waals surface area (Å²) in [6.45, 7) is 0. The predicted octanol–water partition coefficient (Wildman–Crippen LogP) is 1.77. The Balaban J connectivity index is 2.19. The van der Waals surface area contributed by atoms with Gasteiger partial charge >= 0.3 is 11.9 Å². The van der Waals surface area contributed by atoms with E-state index in [4.69, 9.17) is 14.9 Å². The summed E-state index contributed by atoms with van der Waals surface area (Å²) in [5.74, 6) is -1.77. The molecular formula is C11H7NO5S. The van der Waals surface area contributed by atoms with Crippen molar-refractivity contribution in [3.05, 3.63) is 40.9 Å². The van der Waals surface area contributed by atoms with Gasteiger partial charge in [-0.1, -0.05) is 0 Å². The minimum atomic E-state index is -1.23. The van der Waals surface area contributed by atoms with Gasteiger partial charge in [0.1, 0.15) is 21.9 Å². The van der Waals surface area contributed by atoms with Crippen LogP contribution in [-0.4, -0.2) is 26.5 Å². The molecule has 18 heavy (non-hydrogen) atoms. The largest absolute Gasteiger partial charge is 0.508 e. The number of aromatic carboxylic acids is 1. The van der Waals surface area contributed by atoms with Gasteiger partial charge in [0, 0.05) is 0 Å². The second-order valence-corrected chi connectivity index (χ2v) is 4.06. The van der Waals surface area contributed by atoms with Gasteiger partial charge in [0.25, 0.3) is 0 Å². The molecule has 1 aromatic heterocycles. The molecule has 0 bridgehead atoms. The number of carboxylic acids is 1. The molecule has 0 aliphatic rings. The number of carbonyl (C=O) groups excluding carboxylic acids is 1. The second kappa shape index (κ2) is 4.84. The Morgan fingerprint density at radius 2 is 1.89 bits per heavy atom. The first-order chi connectivity index (χ1) is 8.58. The van der Waals surface area contributed by atoms with Gasteiger partial charge in [-0.3, -0.25) is 0 Å². The number of aromatic nitrogens is 1. The lowest BCUT2D eigenvalue weighted by atomic mass is 10.3. The summed E-state index contributed by atoms with van der Waals surface area (Å²) in [4.78, 5) is 22.4. The van der Waals surface area contributed by atoms with Crippen LogP contribution < -0.4 is 4.74 Å². The molecule has 6 nitrogen and oxygen atoms in total. The Kier molecular flexibility index (Phi) is 3.24. The highest BCUT2D eigenvalue weighted by Gasteiger charge is 2.21. The van der Waals surface area contributed by atoms with E-state index in [1.807, 2.05) is 0 Å². The highest BCUT2D eigenvalue weighted by molar-refractivity contribution is 7.08. The van der Waals surface area contributed by atoms with Crippen LogP contribution in [-0.2, 0) is 0 Å². The van der Waals surface area contributed by atoms with Crippen molar-refractivity contribution < 1.29 is 24.5 Å². The minimum Gasteiger partial charge on any atom is -0.508 e. The summed E-state index contributed by atoms with van der Waals surface area (Å²) >= 11 is 0.754. The zero-order valence-corrected chi connectivity index (χ0v) is 9.68. The molecule has 0 saturated heterocycles. The molecule has 0 aliphatic carbocycles. The van der Waals surface area contributed by atoms with Crippen molar-refractivity contribution in [2.24, 2.45) is 0 Å². The molecule has 1 heterocycles. The van der Waals surface area contributed by atoms with Gasteiger partial charge in [0.05, 0.1) is 6.20 Å². The zero-order chi connectivity index (χ0) is 13.1. The normalized spacial score (nSPS) is 10.0. The fraction of sp³-hybridized carbons (Fsp3) is 0. The van der Waals surface area contributed by atoms with Gasteiger partial charge in [-0.15, -0.1) is 0 Å². The van der Waals surface area contributed by atoms with Gasteiger partial charge in [-0.25, -0.2) is 9.59 Å². The van der Waals surface area contributed by atoms with E-state index >= 15 is 0 Å². The Morgan fingerprint density at radius 3 is 2.50 bits per heavy atom. The van der Waals surface area contributed by atoms with Crippen LogP contribution >= 0.6 is 11.5 Å². The molecule has 0 radical (unpaired) electrons. The Bertz CT molecular complexity index is 590. The van der Waals surface area contributed by atoms with Crippen LogP contribution in [0, 0.1) is 0 Å². The van der Waals surface area contributed by atoms with Crippen LogP contribution in [0.1, 0.15) is 20.0 Å². The van der Waals surface area contributed by atoms with E-state index in [1.165, 1.54) is 24.3 Å². The van der Waals surface area contributed by atoms with E-state index in [0.717, 1.165) is 17.7 Å². The number of benzene rings is 1. The van der Waals surface area contributed by atoms with Gasteiger partial charge in [-0.05, 0) is 35.8 Å². The van der Waals surface area contributed by atoms with Crippen molar-refractivity contribution in [3.63, 3.8) is 0 Å². The maximum atomic E-state index is 11.7. The number of nitrogens with zero attached hydrogens (tertiary/aromatic N) is 1. The number of aromatic hydroxyl groups is 1. The number of hydrogen-bond acceptors (Lipinski definition) is 6. The SMILES string of the molecule is O=C(O)c1cnsc1C(=O)Oc1ccc(O)cc1. The predicted molar refractivity (Wildman–Crippen MR) is 62.1 cm³/mol. The molecule has 0 unspecified atom stereocenters. The van der Waals surface area contributed by atoms with Crippen LogP contribution in [0.4, 0.5) is 0 Å². The molecule has 0 fully saturated rings. The van der Waals surface area contributed by atoms with Crippen molar-refractivity contribution in [2.75, 3.05) is 0 Å². The first kappa shape index (κ1) is 12.1. The first-order valence-electron chi connectivity index (χ1n) is 4.77. The van der Waals surface area contributed by atoms with Crippen LogP contribution in [0.2, 0.25) is 0 Å². The van der Waals surface area contributed by atoms with E-state index in [0.29, 0.717) is 0 Å². The van der Waals surface area contributed by atoms with E-state index < -0.39 is 11.9 Å². The average Bonchev–Trinajstić information content (AvgIpc) is 2.81. The van der Waals surface area contributed by atoms with Crippen molar-refractivity contribution in [2.45, 2.75) is 0 Å². The van der Waals surface area contributed by atoms with Gasteiger partial charge < -0.3 is 14.9 Å². The standard InChI is InChI=1S/C11H7NO5S/c13-6-1-3-7(4-2-6)17-11(16)9-8(10(14)15)5-12-18-9/h1-5,13H,(H,14,15). The van der Waals surface area contributed by atoms with Gasteiger partial charge in [-0.2, -0.15) is 4.37 Å². The van der Waals surface area contributed by atoms with E-state index in [2.05, 4.69) is 4.37 Å². The number of carboxylic acid groups (broad SMARTS) is 1. The third-order valence-electron chi connectivity index (χ3n) is 2.03. The summed E-state index contributed by atoms with van der Waals surface area (Å²) in [6.07, 6.45) is 1.10. The molecule has 0 saturated carbocycles. The molecule has 0 amide bonds. The fourth-order valence-corrected chi connectivity index (χ4v) is 1.82. The lowest BCUT2D eigenvalue weighted by Gasteiger charge is -2.02. The molecule has 7 heteroatoms. The second-order valence-electron chi connectivity index (χ2n) is 3.26. The van der Waals surface area contributed by atoms with Crippen LogP contribution in [0.25, 0.3) is 0 Å². The average molecular weight is 265 g/mol. The number of hydrogen-bond donors (Lipinski definition) is 2. The summed E-state index contributed by atoms with van der Waals surface area (Å²) in [6, 6.07) is 5.50. The van der Waals surface area contributed by atoms with Crippen LogP contribution in [0.15, 0.2) is 30.5 Å². The lowest BCUT2D eigenvalue weighted by Crippen LogP contribution is -2.11. The summed E-state index contributed by atoms with van der Waals surface area (Å²) in [7, 11) is 0. The molecule has 1 aromatic carbocycles. The maximum absolute atomic E-state index is 11.7. The quantitative estimate of drug-likeness (QED) is 0.648. The third-order valence-corrected chi connectivity index (χ3v) is 2.81. The lowest BCUT2D eigenvalue weighted by molar-refractivity contribution is 0.0671. The molecule has 0 atom stereocenters. The van der Waals surface area contributed by atoms with Crippen molar-refractivity contribution in [1.29, 1.82) is 0 Å². The molecule has 2 aromatic rings. The van der Waals surface area contributed by atoms with Crippen molar-refractivity contribution in [3.8, 4) is 11.5 Å². The highest BCUT2D eigenvalue weighted by Crippen LogP contribution is 2.20. The maximum Gasteiger partial charge on any atom is 0.356 e. The van der Waals surface area contributed by atoms with E-state index in [1.54, 1.807) is 0 Å². The zero-order valence-electron chi connectivity index (χ0n) is 8.86. The van der Waals surface area contributed by atoms with E-state index in [9.17, 15) is 9.59 Å². The smallest absolute Gasteiger partial charge is 0.356 e. The number of phenols is 1. The molecule has 2 rings (SSSR count). The molecule has 0 aliphatic heterocycles.